The first kappa shape index (κ1) is 13.8. The van der Waals surface area contributed by atoms with Gasteiger partial charge in [0.05, 0.1) is 5.54 Å². The van der Waals surface area contributed by atoms with Crippen molar-refractivity contribution in [2.75, 3.05) is 13.2 Å². The molecule has 1 amide bonds. The van der Waals surface area contributed by atoms with Crippen LogP contribution in [0.2, 0.25) is 0 Å². The van der Waals surface area contributed by atoms with Crippen LogP contribution in [-0.2, 0) is 9.53 Å². The summed E-state index contributed by atoms with van der Waals surface area (Å²) in [5.74, 6) is 0.603. The maximum Gasteiger partial charge on any atom is 0.237 e. The first-order chi connectivity index (χ1) is 8.60. The van der Waals surface area contributed by atoms with Gasteiger partial charge in [-0.2, -0.15) is 0 Å². The van der Waals surface area contributed by atoms with Crippen LogP contribution in [0, 0.1) is 5.92 Å². The molecule has 0 aromatic heterocycles. The van der Waals surface area contributed by atoms with E-state index in [-0.39, 0.29) is 5.91 Å². The Labute approximate surface area is 110 Å². The molecule has 0 bridgehead atoms. The Kier molecular flexibility index (Phi) is 4.62. The largest absolute Gasteiger partial charge is 0.381 e. The predicted octanol–water partition coefficient (Wildman–Crippen LogP) is 1.58. The standard InChI is InChI=1S/C14H26N2O2/c1-14(13(15)17,16-12-6-7-12)8-2-3-9-18-10-11-4-5-11/h11-12,16H,2-10H2,1H3,(H2,15,17). The third-order valence-electron chi connectivity index (χ3n) is 3.91. The second-order valence-electron chi connectivity index (χ2n) is 6.09. The van der Waals surface area contributed by atoms with E-state index in [1.54, 1.807) is 0 Å². The predicted molar refractivity (Wildman–Crippen MR) is 71.2 cm³/mol. The molecule has 1 unspecified atom stereocenters. The number of carbonyl (C=O) groups excluding carboxylic acids is 1. The molecule has 3 N–H and O–H groups in total. The highest BCUT2D eigenvalue weighted by Gasteiger charge is 2.36. The fourth-order valence-corrected chi connectivity index (χ4v) is 2.16. The fraction of sp³-hybridized carbons (Fsp3) is 0.929. The van der Waals surface area contributed by atoms with Gasteiger partial charge in [0.15, 0.2) is 0 Å². The number of hydrogen-bond donors (Lipinski definition) is 2. The Morgan fingerprint density at radius 2 is 2.06 bits per heavy atom. The van der Waals surface area contributed by atoms with Gasteiger partial charge in [0.25, 0.3) is 0 Å². The molecule has 0 spiro atoms. The number of carbonyl (C=O) groups is 1. The quantitative estimate of drug-likeness (QED) is 0.582. The molecule has 1 atom stereocenters. The molecule has 2 aliphatic carbocycles. The zero-order valence-electron chi connectivity index (χ0n) is 11.4. The summed E-state index contributed by atoms with van der Waals surface area (Å²) in [5, 5.41) is 3.37. The zero-order chi connectivity index (χ0) is 13.0. The molecular weight excluding hydrogens is 228 g/mol. The number of nitrogens with two attached hydrogens (primary N) is 1. The first-order valence-electron chi connectivity index (χ1n) is 7.25. The molecule has 0 saturated heterocycles. The van der Waals surface area contributed by atoms with Crippen molar-refractivity contribution in [1.82, 2.24) is 5.32 Å². The number of ether oxygens (including phenoxy) is 1. The first-order valence-corrected chi connectivity index (χ1v) is 7.25. The van der Waals surface area contributed by atoms with Crippen molar-refractivity contribution >= 4 is 5.91 Å². The van der Waals surface area contributed by atoms with Crippen LogP contribution in [0.4, 0.5) is 0 Å². The fourth-order valence-electron chi connectivity index (χ4n) is 2.16. The van der Waals surface area contributed by atoms with Crippen LogP contribution < -0.4 is 11.1 Å². The molecule has 2 rings (SSSR count). The van der Waals surface area contributed by atoms with E-state index in [0.717, 1.165) is 38.4 Å². The molecule has 0 aromatic carbocycles. The molecule has 18 heavy (non-hydrogen) atoms. The minimum atomic E-state index is -0.530. The molecule has 2 saturated carbocycles. The van der Waals surface area contributed by atoms with E-state index in [2.05, 4.69) is 5.32 Å². The Morgan fingerprint density at radius 1 is 1.33 bits per heavy atom. The smallest absolute Gasteiger partial charge is 0.237 e. The van der Waals surface area contributed by atoms with Gasteiger partial charge in [0.1, 0.15) is 0 Å². The van der Waals surface area contributed by atoms with Gasteiger partial charge in [-0.15, -0.1) is 0 Å². The van der Waals surface area contributed by atoms with Gasteiger partial charge >= 0.3 is 0 Å². The SMILES string of the molecule is CC(CCCCOCC1CC1)(NC1CC1)C(N)=O. The molecule has 0 aromatic rings. The van der Waals surface area contributed by atoms with E-state index in [1.165, 1.54) is 25.7 Å². The van der Waals surface area contributed by atoms with Crippen LogP contribution in [0.25, 0.3) is 0 Å². The van der Waals surface area contributed by atoms with Crippen molar-refractivity contribution in [2.24, 2.45) is 11.7 Å². The summed E-state index contributed by atoms with van der Waals surface area (Å²) in [7, 11) is 0. The molecule has 0 radical (unpaired) electrons. The minimum Gasteiger partial charge on any atom is -0.381 e. The van der Waals surface area contributed by atoms with E-state index in [4.69, 9.17) is 10.5 Å². The van der Waals surface area contributed by atoms with Crippen molar-refractivity contribution in [2.45, 2.75) is 63.5 Å². The van der Waals surface area contributed by atoms with E-state index in [1.807, 2.05) is 6.92 Å². The number of rotatable bonds is 10. The van der Waals surface area contributed by atoms with E-state index in [0.29, 0.717) is 6.04 Å². The lowest BCUT2D eigenvalue weighted by molar-refractivity contribution is -0.124. The monoisotopic (exact) mass is 254 g/mol. The minimum absolute atomic E-state index is 0.228. The third kappa shape index (κ3) is 4.58. The maximum atomic E-state index is 11.5. The Hall–Kier alpha value is -0.610. The highest BCUT2D eigenvalue weighted by molar-refractivity contribution is 5.84. The van der Waals surface area contributed by atoms with Gasteiger partial charge < -0.3 is 15.8 Å². The number of unbranched alkanes of at least 4 members (excludes halogenated alkanes) is 1. The highest BCUT2D eigenvalue weighted by Crippen LogP contribution is 2.29. The van der Waals surface area contributed by atoms with Crippen LogP contribution in [-0.4, -0.2) is 30.7 Å². The van der Waals surface area contributed by atoms with Crippen molar-refractivity contribution in [1.29, 1.82) is 0 Å². The number of primary amides is 1. The Morgan fingerprint density at radius 3 is 2.61 bits per heavy atom. The van der Waals surface area contributed by atoms with Crippen molar-refractivity contribution in [3.05, 3.63) is 0 Å². The van der Waals surface area contributed by atoms with Gasteiger partial charge in [0, 0.05) is 19.3 Å². The molecule has 0 heterocycles. The van der Waals surface area contributed by atoms with Crippen LogP contribution >= 0.6 is 0 Å². The van der Waals surface area contributed by atoms with E-state index < -0.39 is 5.54 Å². The second kappa shape index (κ2) is 6.02. The lowest BCUT2D eigenvalue weighted by Crippen LogP contribution is -2.53. The average molecular weight is 254 g/mol. The van der Waals surface area contributed by atoms with Gasteiger partial charge in [-0.05, 0) is 57.8 Å². The number of amides is 1. The van der Waals surface area contributed by atoms with Crippen molar-refractivity contribution < 1.29 is 9.53 Å². The number of nitrogens with one attached hydrogen (secondary N) is 1. The van der Waals surface area contributed by atoms with Crippen LogP contribution in [0.15, 0.2) is 0 Å². The summed E-state index contributed by atoms with van der Waals surface area (Å²) in [6.07, 6.45) is 7.84. The third-order valence-corrected chi connectivity index (χ3v) is 3.91. The average Bonchev–Trinajstić information content (AvgIpc) is 3.17. The summed E-state index contributed by atoms with van der Waals surface area (Å²) in [4.78, 5) is 11.5. The van der Waals surface area contributed by atoms with Gasteiger partial charge in [-0.3, -0.25) is 4.79 Å². The van der Waals surface area contributed by atoms with Crippen LogP contribution in [0.5, 0.6) is 0 Å². The topological polar surface area (TPSA) is 64.3 Å². The summed E-state index contributed by atoms with van der Waals surface area (Å²) in [6.45, 7) is 3.67. The van der Waals surface area contributed by atoms with Crippen molar-refractivity contribution in [3.63, 3.8) is 0 Å². The van der Waals surface area contributed by atoms with Gasteiger partial charge in [0.2, 0.25) is 5.91 Å². The van der Waals surface area contributed by atoms with Gasteiger partial charge in [-0.1, -0.05) is 0 Å². The molecule has 2 aliphatic rings. The molecule has 104 valence electrons. The van der Waals surface area contributed by atoms with Crippen LogP contribution in [0.3, 0.4) is 0 Å². The van der Waals surface area contributed by atoms with E-state index >= 15 is 0 Å². The number of hydrogen-bond acceptors (Lipinski definition) is 3. The lowest BCUT2D eigenvalue weighted by atomic mass is 9.94. The second-order valence-corrected chi connectivity index (χ2v) is 6.09. The molecule has 2 fully saturated rings. The summed E-state index contributed by atoms with van der Waals surface area (Å²) >= 11 is 0. The Bertz CT molecular complexity index is 288. The summed E-state index contributed by atoms with van der Waals surface area (Å²) in [6, 6.07) is 0.508. The normalized spacial score (nSPS) is 22.7. The maximum absolute atomic E-state index is 11.5. The lowest BCUT2D eigenvalue weighted by Gasteiger charge is -2.27. The highest BCUT2D eigenvalue weighted by atomic mass is 16.5. The molecule has 4 heteroatoms. The molecule has 4 nitrogen and oxygen atoms in total. The van der Waals surface area contributed by atoms with Crippen LogP contribution in [0.1, 0.15) is 51.9 Å². The van der Waals surface area contributed by atoms with Gasteiger partial charge in [-0.25, -0.2) is 0 Å². The summed E-state index contributed by atoms with van der Waals surface area (Å²) in [5.41, 5.74) is 4.97. The molecule has 0 aliphatic heterocycles. The van der Waals surface area contributed by atoms with Crippen molar-refractivity contribution in [3.8, 4) is 0 Å². The van der Waals surface area contributed by atoms with E-state index in [9.17, 15) is 4.79 Å². The molecular formula is C14H26N2O2. The zero-order valence-corrected chi connectivity index (χ0v) is 11.4. The Balaban J connectivity index is 1.57. The summed E-state index contributed by atoms with van der Waals surface area (Å²) < 4.78 is 5.59.